The molecule has 2 aromatic rings. The van der Waals surface area contributed by atoms with Gasteiger partial charge in [0.2, 0.25) is 8.32 Å². The second kappa shape index (κ2) is 10.2. The van der Waals surface area contributed by atoms with Gasteiger partial charge in [0.15, 0.2) is 5.78 Å². The quantitative estimate of drug-likeness (QED) is 0.525. The number of rotatable bonds is 7. The maximum Gasteiger partial charge on any atom is 0.250 e. The number of hydrogen-bond acceptors (Lipinski definition) is 7. The Bertz CT molecular complexity index is 1040. The summed E-state index contributed by atoms with van der Waals surface area (Å²) < 4.78 is 23.8. The first-order valence-electron chi connectivity index (χ1n) is 12.3. The summed E-state index contributed by atoms with van der Waals surface area (Å²) in [5.74, 6) is 1.42. The van der Waals surface area contributed by atoms with Crippen LogP contribution < -0.4 is 13.9 Å². The van der Waals surface area contributed by atoms with E-state index >= 15 is 0 Å². The molecule has 7 nitrogen and oxygen atoms in total. The van der Waals surface area contributed by atoms with Gasteiger partial charge in [-0.25, -0.2) is 0 Å². The fraction of sp³-hybridized carbons (Fsp3) is 0.519. The molecule has 2 aliphatic rings. The Morgan fingerprint density at radius 2 is 1.77 bits per heavy atom. The Hall–Kier alpha value is -2.55. The lowest BCUT2D eigenvalue weighted by Crippen LogP contribution is -2.43. The summed E-state index contributed by atoms with van der Waals surface area (Å²) >= 11 is 0. The number of carbonyl (C=O) groups excluding carboxylic acids is 1. The molecule has 8 heteroatoms. The number of nitrogens with zero attached hydrogens (tertiary/aromatic N) is 1. The third-order valence-electron chi connectivity index (χ3n) is 7.18. The lowest BCUT2D eigenvalue weighted by Gasteiger charge is -2.36. The summed E-state index contributed by atoms with van der Waals surface area (Å²) in [6, 6.07) is 11.0. The Kier molecular flexibility index (Phi) is 7.45. The molecule has 0 amide bonds. The van der Waals surface area contributed by atoms with Crippen LogP contribution in [0.15, 0.2) is 36.4 Å². The van der Waals surface area contributed by atoms with E-state index in [0.29, 0.717) is 18.1 Å². The number of fused-ring (bicyclic) bond motifs is 1. The van der Waals surface area contributed by atoms with Gasteiger partial charge in [0.1, 0.15) is 41.3 Å². The Morgan fingerprint density at radius 3 is 2.43 bits per heavy atom. The van der Waals surface area contributed by atoms with Crippen molar-refractivity contribution in [2.45, 2.75) is 51.4 Å². The van der Waals surface area contributed by atoms with Crippen molar-refractivity contribution in [2.75, 3.05) is 39.5 Å². The van der Waals surface area contributed by atoms with Gasteiger partial charge in [-0.15, -0.1) is 0 Å². The molecular formula is C27H37NO6Si. The average Bonchev–Trinajstić information content (AvgIpc) is 2.79. The molecule has 2 heterocycles. The molecule has 0 radical (unpaired) electrons. The molecule has 1 fully saturated rings. The number of hydrogen-bond donors (Lipinski definition) is 1. The van der Waals surface area contributed by atoms with Crippen molar-refractivity contribution in [1.82, 2.24) is 4.90 Å². The van der Waals surface area contributed by atoms with Crippen LogP contribution in [0.2, 0.25) is 18.1 Å². The van der Waals surface area contributed by atoms with E-state index in [1.165, 1.54) is 6.07 Å². The Labute approximate surface area is 209 Å². The molecule has 4 rings (SSSR count). The van der Waals surface area contributed by atoms with E-state index in [1.54, 1.807) is 6.07 Å². The minimum Gasteiger partial charge on any atom is -0.544 e. The number of carbonyl (C=O) groups is 1. The van der Waals surface area contributed by atoms with Crippen LogP contribution >= 0.6 is 0 Å². The van der Waals surface area contributed by atoms with Crippen LogP contribution in [0.25, 0.3) is 0 Å². The first-order valence-corrected chi connectivity index (χ1v) is 15.2. The Balaban J connectivity index is 1.44. The maximum atomic E-state index is 12.9. The number of benzene rings is 2. The molecule has 0 saturated carbocycles. The normalized spacial score (nSPS) is 19.1. The number of phenols is 1. The highest BCUT2D eigenvalue weighted by Crippen LogP contribution is 2.42. The predicted molar refractivity (Wildman–Crippen MR) is 137 cm³/mol. The third-order valence-corrected chi connectivity index (χ3v) is 11.5. The van der Waals surface area contributed by atoms with Crippen molar-refractivity contribution in [1.29, 1.82) is 0 Å². The summed E-state index contributed by atoms with van der Waals surface area (Å²) in [4.78, 5) is 15.1. The van der Waals surface area contributed by atoms with E-state index in [0.717, 1.165) is 44.2 Å². The van der Waals surface area contributed by atoms with Crippen LogP contribution in [0.3, 0.4) is 0 Å². The van der Waals surface area contributed by atoms with E-state index in [1.807, 2.05) is 24.3 Å². The van der Waals surface area contributed by atoms with Gasteiger partial charge in [0.05, 0.1) is 19.6 Å². The van der Waals surface area contributed by atoms with Gasteiger partial charge in [0.25, 0.3) is 0 Å². The maximum absolute atomic E-state index is 12.9. The second-order valence-corrected chi connectivity index (χ2v) is 15.5. The molecule has 2 aromatic carbocycles. The first-order chi connectivity index (χ1) is 16.5. The van der Waals surface area contributed by atoms with Crippen LogP contribution in [0.5, 0.6) is 23.0 Å². The lowest BCUT2D eigenvalue weighted by atomic mass is 9.95. The number of ether oxygens (including phenoxy) is 3. The van der Waals surface area contributed by atoms with Crippen molar-refractivity contribution in [3.63, 3.8) is 0 Å². The molecular weight excluding hydrogens is 462 g/mol. The van der Waals surface area contributed by atoms with Crippen molar-refractivity contribution >= 4 is 14.1 Å². The van der Waals surface area contributed by atoms with Gasteiger partial charge in [-0.1, -0.05) is 32.9 Å². The summed E-state index contributed by atoms with van der Waals surface area (Å²) in [6.07, 6.45) is -0.264. The highest BCUT2D eigenvalue weighted by molar-refractivity contribution is 6.74. The monoisotopic (exact) mass is 499 g/mol. The highest BCUT2D eigenvalue weighted by atomic mass is 28.4. The molecule has 1 N–H and O–H groups in total. The molecule has 0 aliphatic carbocycles. The summed E-state index contributed by atoms with van der Waals surface area (Å²) in [5, 5.41) is 10.6. The van der Waals surface area contributed by atoms with Gasteiger partial charge in [-0.3, -0.25) is 9.69 Å². The van der Waals surface area contributed by atoms with Crippen molar-refractivity contribution in [3.8, 4) is 23.0 Å². The predicted octanol–water partition coefficient (Wildman–Crippen LogP) is 5.19. The van der Waals surface area contributed by atoms with Crippen molar-refractivity contribution in [2.24, 2.45) is 0 Å². The smallest absolute Gasteiger partial charge is 0.250 e. The van der Waals surface area contributed by atoms with Crippen molar-refractivity contribution < 1.29 is 28.5 Å². The highest BCUT2D eigenvalue weighted by Gasteiger charge is 2.39. The van der Waals surface area contributed by atoms with E-state index < -0.39 is 14.4 Å². The van der Waals surface area contributed by atoms with E-state index in [2.05, 4.69) is 38.8 Å². The molecule has 0 spiro atoms. The van der Waals surface area contributed by atoms with Crippen molar-refractivity contribution in [3.05, 3.63) is 47.5 Å². The minimum atomic E-state index is -1.93. The zero-order valence-corrected chi connectivity index (χ0v) is 22.4. The average molecular weight is 500 g/mol. The Morgan fingerprint density at radius 1 is 1.09 bits per heavy atom. The van der Waals surface area contributed by atoms with Gasteiger partial charge in [-0.2, -0.15) is 0 Å². The molecule has 1 atom stereocenters. The lowest BCUT2D eigenvalue weighted by molar-refractivity contribution is 0.0322. The molecule has 0 aromatic heterocycles. The standard InChI is InChI=1S/C27H37NO6Si/c1-27(2,3)35(4,5)34-20-8-6-19(7-9-20)24-18-23(30)26-22(29)16-21(17-25(26)33-24)32-15-12-28-10-13-31-14-11-28/h6-9,16-17,24,29H,10-15,18H2,1-5H3. The first kappa shape index (κ1) is 25.5. The van der Waals surface area contributed by atoms with Crippen LogP contribution in [0, 0.1) is 0 Å². The van der Waals surface area contributed by atoms with Gasteiger partial charge in [0, 0.05) is 31.8 Å². The third kappa shape index (κ3) is 5.99. The molecule has 0 bridgehead atoms. The summed E-state index contributed by atoms with van der Waals surface area (Å²) in [6.45, 7) is 15.6. The zero-order chi connectivity index (χ0) is 25.2. The molecule has 190 valence electrons. The van der Waals surface area contributed by atoms with E-state index in [-0.39, 0.29) is 28.6 Å². The van der Waals surface area contributed by atoms with E-state index in [4.69, 9.17) is 18.6 Å². The van der Waals surface area contributed by atoms with Crippen LogP contribution in [0.1, 0.15) is 49.2 Å². The second-order valence-electron chi connectivity index (χ2n) is 10.8. The van der Waals surface area contributed by atoms with Gasteiger partial charge < -0.3 is 23.7 Å². The fourth-order valence-corrected chi connectivity index (χ4v) is 5.03. The number of phenolic OH excluding ortho intramolecular Hbond substituents is 1. The number of ketones is 1. The topological polar surface area (TPSA) is 77.5 Å². The van der Waals surface area contributed by atoms with Crippen LogP contribution in [-0.2, 0) is 4.74 Å². The van der Waals surface area contributed by atoms with Gasteiger partial charge >= 0.3 is 0 Å². The van der Waals surface area contributed by atoms with Gasteiger partial charge in [-0.05, 0) is 35.8 Å². The summed E-state index contributed by atoms with van der Waals surface area (Å²) in [5.41, 5.74) is 1.12. The number of morpholine rings is 1. The molecule has 1 unspecified atom stereocenters. The fourth-order valence-electron chi connectivity index (χ4n) is 4.00. The van der Waals surface area contributed by atoms with Crippen LogP contribution in [-0.4, -0.2) is 63.6 Å². The SMILES string of the molecule is CC(C)(C)[Si](C)(C)Oc1ccc(C2CC(=O)c3c(O)cc(OCCN4CCOCC4)cc3O2)cc1. The minimum absolute atomic E-state index is 0.106. The number of Topliss-reactive ketones (excluding diaryl/α,β-unsaturated/α-hetero) is 1. The molecule has 1 saturated heterocycles. The largest absolute Gasteiger partial charge is 0.544 e. The zero-order valence-electron chi connectivity index (χ0n) is 21.4. The number of aromatic hydroxyl groups is 1. The van der Waals surface area contributed by atoms with Crippen LogP contribution in [0.4, 0.5) is 0 Å². The summed E-state index contributed by atoms with van der Waals surface area (Å²) in [7, 11) is -1.93. The van der Waals surface area contributed by atoms with E-state index in [9.17, 15) is 9.90 Å². The molecule has 35 heavy (non-hydrogen) atoms. The molecule has 2 aliphatic heterocycles.